The van der Waals surface area contributed by atoms with E-state index in [9.17, 15) is 0 Å². The normalized spacial score (nSPS) is 11.3. The highest BCUT2D eigenvalue weighted by molar-refractivity contribution is 14.0. The Labute approximate surface area is 201 Å². The summed E-state index contributed by atoms with van der Waals surface area (Å²) in [6, 6.07) is 10.1. The van der Waals surface area contributed by atoms with Crippen molar-refractivity contribution in [2.75, 3.05) is 38.8 Å². The Hall–Kier alpha value is -1.36. The molecule has 8 heteroatoms. The van der Waals surface area contributed by atoms with Crippen LogP contribution in [0.4, 0.5) is 5.69 Å². The maximum atomic E-state index is 5.71. The van der Waals surface area contributed by atoms with Gasteiger partial charge in [0.15, 0.2) is 5.96 Å². The van der Waals surface area contributed by atoms with Gasteiger partial charge in [0.2, 0.25) is 0 Å². The van der Waals surface area contributed by atoms with Crippen molar-refractivity contribution in [3.8, 4) is 5.75 Å². The monoisotopic (exact) mass is 547 g/mol. The fraction of sp³-hybridized carbons (Fsp3) is 0.500. The van der Waals surface area contributed by atoms with Gasteiger partial charge in [-0.25, -0.2) is 4.99 Å². The number of halogens is 1. The molecule has 6 nitrogen and oxygen atoms in total. The van der Waals surface area contributed by atoms with Gasteiger partial charge in [0, 0.05) is 30.8 Å². The number of thiophene rings is 1. The minimum Gasteiger partial charge on any atom is -0.491 e. The number of hydrogen-bond donors (Lipinski definition) is 2. The minimum absolute atomic E-state index is 0. The zero-order chi connectivity index (χ0) is 20.9. The lowest BCUT2D eigenvalue weighted by atomic mass is 10.3. The first-order valence-corrected chi connectivity index (χ1v) is 10.9. The quantitative estimate of drug-likeness (QED) is 0.168. The fourth-order valence-corrected chi connectivity index (χ4v) is 3.34. The number of rotatable bonds is 12. The molecule has 0 unspecified atom stereocenters. The van der Waals surface area contributed by atoms with E-state index in [0.717, 1.165) is 30.4 Å². The summed E-state index contributed by atoms with van der Waals surface area (Å²) >= 11 is 1.73. The molecule has 0 saturated carbocycles. The van der Waals surface area contributed by atoms with Crippen molar-refractivity contribution in [2.24, 2.45) is 4.99 Å². The number of guanidine groups is 1. The van der Waals surface area contributed by atoms with Crippen LogP contribution in [0.3, 0.4) is 0 Å². The first kappa shape index (κ1) is 26.7. The van der Waals surface area contributed by atoms with Crippen molar-refractivity contribution in [3.05, 3.63) is 46.2 Å². The average Bonchev–Trinajstić information content (AvgIpc) is 3.11. The van der Waals surface area contributed by atoms with Crippen LogP contribution in [0.2, 0.25) is 0 Å². The van der Waals surface area contributed by atoms with E-state index in [2.05, 4.69) is 29.0 Å². The smallest absolute Gasteiger partial charge is 0.196 e. The molecule has 168 valence electrons. The highest BCUT2D eigenvalue weighted by Crippen LogP contribution is 2.18. The summed E-state index contributed by atoms with van der Waals surface area (Å²) in [6.45, 7) is 9.52. The van der Waals surface area contributed by atoms with Crippen LogP contribution in [0.5, 0.6) is 5.75 Å². The zero-order valence-corrected chi connectivity index (χ0v) is 21.4. The van der Waals surface area contributed by atoms with Gasteiger partial charge in [-0.15, -0.1) is 35.3 Å². The lowest BCUT2D eigenvalue weighted by Crippen LogP contribution is -2.32. The molecule has 0 atom stereocenters. The Bertz CT molecular complexity index is 735. The molecule has 0 aliphatic carbocycles. The van der Waals surface area contributed by atoms with Crippen molar-refractivity contribution in [2.45, 2.75) is 39.8 Å². The molecular weight excluding hydrogens is 513 g/mol. The van der Waals surface area contributed by atoms with Crippen LogP contribution in [0.1, 0.15) is 30.7 Å². The van der Waals surface area contributed by atoms with E-state index < -0.39 is 0 Å². The van der Waals surface area contributed by atoms with Crippen molar-refractivity contribution in [1.82, 2.24) is 5.32 Å². The molecule has 0 bridgehead atoms. The molecule has 1 aromatic heterocycles. The first-order valence-electron chi connectivity index (χ1n) is 10.00. The predicted molar refractivity (Wildman–Crippen MR) is 137 cm³/mol. The summed E-state index contributed by atoms with van der Waals surface area (Å²) in [6.07, 6.45) is 1.05. The van der Waals surface area contributed by atoms with E-state index in [0.29, 0.717) is 26.4 Å². The van der Waals surface area contributed by atoms with Gasteiger partial charge in [0.1, 0.15) is 5.75 Å². The van der Waals surface area contributed by atoms with Gasteiger partial charge >= 0.3 is 0 Å². The maximum Gasteiger partial charge on any atom is 0.196 e. The van der Waals surface area contributed by atoms with Crippen LogP contribution < -0.4 is 15.4 Å². The van der Waals surface area contributed by atoms with Crippen LogP contribution in [0.15, 0.2) is 40.7 Å². The van der Waals surface area contributed by atoms with Gasteiger partial charge in [-0.3, -0.25) is 0 Å². The second kappa shape index (κ2) is 15.4. The molecule has 2 aromatic rings. The van der Waals surface area contributed by atoms with Crippen LogP contribution >= 0.6 is 35.3 Å². The van der Waals surface area contributed by atoms with E-state index >= 15 is 0 Å². The highest BCUT2D eigenvalue weighted by atomic mass is 127. The summed E-state index contributed by atoms with van der Waals surface area (Å²) in [4.78, 5) is 6.03. The van der Waals surface area contributed by atoms with E-state index in [1.54, 1.807) is 18.4 Å². The van der Waals surface area contributed by atoms with Gasteiger partial charge < -0.3 is 24.8 Å². The Kier molecular flexibility index (Phi) is 13.7. The van der Waals surface area contributed by atoms with Crippen molar-refractivity contribution in [3.63, 3.8) is 0 Å². The van der Waals surface area contributed by atoms with Gasteiger partial charge in [-0.05, 0) is 68.5 Å². The van der Waals surface area contributed by atoms with Gasteiger partial charge in [0.25, 0.3) is 0 Å². The van der Waals surface area contributed by atoms with Gasteiger partial charge in [-0.2, -0.15) is 0 Å². The third kappa shape index (κ3) is 10.6. The molecule has 0 saturated heterocycles. The maximum absolute atomic E-state index is 5.71. The van der Waals surface area contributed by atoms with Crippen LogP contribution in [0.25, 0.3) is 0 Å². The van der Waals surface area contributed by atoms with Gasteiger partial charge in [-0.1, -0.05) is 0 Å². The largest absolute Gasteiger partial charge is 0.491 e. The zero-order valence-electron chi connectivity index (χ0n) is 18.3. The summed E-state index contributed by atoms with van der Waals surface area (Å²) in [7, 11) is 1.68. The van der Waals surface area contributed by atoms with E-state index in [-0.39, 0.29) is 30.1 Å². The summed E-state index contributed by atoms with van der Waals surface area (Å²) in [5, 5.41) is 8.87. The molecule has 30 heavy (non-hydrogen) atoms. The molecule has 0 amide bonds. The number of ether oxygens (including phenoxy) is 3. The van der Waals surface area contributed by atoms with Crippen molar-refractivity contribution >= 4 is 47.0 Å². The van der Waals surface area contributed by atoms with Crippen molar-refractivity contribution in [1.29, 1.82) is 0 Å². The number of nitrogens with zero attached hydrogens (tertiary/aromatic N) is 1. The molecule has 1 aromatic carbocycles. The summed E-state index contributed by atoms with van der Waals surface area (Å²) < 4.78 is 16.2. The molecule has 0 aliphatic heterocycles. The van der Waals surface area contributed by atoms with Crippen LogP contribution in [-0.4, -0.2) is 45.5 Å². The standard InChI is InChI=1S/C22H33N3O3S.HI/c1-17(2)28-20-8-6-19(7-9-20)25-22(23-11-5-12-27-14-13-26-4)24-16-21-18(3)10-15-29-21;/h6-10,15,17H,5,11-14,16H2,1-4H3,(H2,23,24,25);1H. The summed E-state index contributed by atoms with van der Waals surface area (Å²) in [5.74, 6) is 1.62. The second-order valence-electron chi connectivity index (χ2n) is 6.89. The van der Waals surface area contributed by atoms with E-state index in [4.69, 9.17) is 19.2 Å². The number of anilines is 1. The fourth-order valence-electron chi connectivity index (χ4n) is 2.51. The number of methoxy groups -OCH3 is 1. The molecule has 2 rings (SSSR count). The Morgan fingerprint density at radius 1 is 1.10 bits per heavy atom. The predicted octanol–water partition coefficient (Wildman–Crippen LogP) is 5.07. The molecule has 1 heterocycles. The number of hydrogen-bond acceptors (Lipinski definition) is 5. The molecule has 0 fully saturated rings. The third-order valence-electron chi connectivity index (χ3n) is 4.03. The molecular formula is C22H34IN3O3S. The van der Waals surface area contributed by atoms with Gasteiger partial charge in [0.05, 0.1) is 25.9 Å². The first-order chi connectivity index (χ1) is 14.1. The molecule has 0 aliphatic rings. The Morgan fingerprint density at radius 3 is 2.50 bits per heavy atom. The van der Waals surface area contributed by atoms with Crippen molar-refractivity contribution < 1.29 is 14.2 Å². The van der Waals surface area contributed by atoms with Crippen LogP contribution in [0, 0.1) is 6.92 Å². The average molecular weight is 548 g/mol. The Morgan fingerprint density at radius 2 is 1.87 bits per heavy atom. The lowest BCUT2D eigenvalue weighted by Gasteiger charge is -2.14. The minimum atomic E-state index is 0. The second-order valence-corrected chi connectivity index (χ2v) is 7.89. The number of aryl methyl sites for hydroxylation is 1. The Balaban J connectivity index is 0.00000450. The lowest BCUT2D eigenvalue weighted by molar-refractivity contribution is 0.0699. The van der Waals surface area contributed by atoms with E-state index in [1.165, 1.54) is 10.4 Å². The highest BCUT2D eigenvalue weighted by Gasteiger charge is 2.04. The molecule has 0 spiro atoms. The number of benzene rings is 1. The number of aliphatic imine (C=N–C) groups is 1. The van der Waals surface area contributed by atoms with E-state index in [1.807, 2.05) is 38.1 Å². The number of nitrogens with one attached hydrogen (secondary N) is 2. The van der Waals surface area contributed by atoms with Crippen LogP contribution in [-0.2, 0) is 16.0 Å². The molecule has 2 N–H and O–H groups in total. The topological polar surface area (TPSA) is 64.1 Å². The molecule has 0 radical (unpaired) electrons. The SMILES string of the molecule is COCCOCCCNC(=NCc1sccc1C)Nc1ccc(OC(C)C)cc1.I. The summed E-state index contributed by atoms with van der Waals surface area (Å²) in [5.41, 5.74) is 2.24. The third-order valence-corrected chi connectivity index (χ3v) is 5.04.